The van der Waals surface area contributed by atoms with Crippen molar-refractivity contribution in [1.82, 2.24) is 5.32 Å². The van der Waals surface area contributed by atoms with Crippen LogP contribution in [0.4, 0.5) is 4.39 Å². The normalized spacial score (nSPS) is 11.7. The van der Waals surface area contributed by atoms with E-state index in [2.05, 4.69) is 5.32 Å². The first kappa shape index (κ1) is 17.8. The second-order valence-corrected chi connectivity index (χ2v) is 5.48. The van der Waals surface area contributed by atoms with Gasteiger partial charge in [0.2, 0.25) is 0 Å². The molecule has 1 N–H and O–H groups in total. The van der Waals surface area contributed by atoms with Crippen LogP contribution in [0.25, 0.3) is 0 Å². The van der Waals surface area contributed by atoms with Crippen LogP contribution in [0.3, 0.4) is 0 Å². The topological polar surface area (TPSA) is 47.6 Å². The number of amides is 1. The number of ether oxygens (including phenoxy) is 2. The molecule has 0 fully saturated rings. The SMILES string of the molecule is CCC(NC(=O)COc1ccccc1F)c1ccc(OC)c(C)c1. The third-order valence-electron chi connectivity index (χ3n) is 3.76. The van der Waals surface area contributed by atoms with Crippen LogP contribution in [0.1, 0.15) is 30.5 Å². The molecule has 0 aliphatic heterocycles. The molecular weight excluding hydrogens is 309 g/mol. The van der Waals surface area contributed by atoms with Gasteiger partial charge >= 0.3 is 0 Å². The minimum Gasteiger partial charge on any atom is -0.496 e. The van der Waals surface area contributed by atoms with Crippen molar-refractivity contribution in [2.75, 3.05) is 13.7 Å². The molecule has 2 aromatic rings. The van der Waals surface area contributed by atoms with Crippen molar-refractivity contribution in [2.24, 2.45) is 0 Å². The maximum Gasteiger partial charge on any atom is 0.258 e. The van der Waals surface area contributed by atoms with Crippen molar-refractivity contribution < 1.29 is 18.7 Å². The van der Waals surface area contributed by atoms with Crippen LogP contribution in [-0.2, 0) is 4.79 Å². The highest BCUT2D eigenvalue weighted by molar-refractivity contribution is 5.78. The van der Waals surface area contributed by atoms with E-state index in [0.717, 1.165) is 23.3 Å². The lowest BCUT2D eigenvalue weighted by molar-refractivity contribution is -0.123. The van der Waals surface area contributed by atoms with Crippen molar-refractivity contribution in [3.8, 4) is 11.5 Å². The molecule has 5 heteroatoms. The first-order valence-electron chi connectivity index (χ1n) is 7.86. The number of nitrogens with one attached hydrogen (secondary N) is 1. The third-order valence-corrected chi connectivity index (χ3v) is 3.76. The number of aryl methyl sites for hydroxylation is 1. The van der Waals surface area contributed by atoms with Crippen LogP contribution in [0.15, 0.2) is 42.5 Å². The van der Waals surface area contributed by atoms with Crippen molar-refractivity contribution in [3.63, 3.8) is 0 Å². The van der Waals surface area contributed by atoms with Crippen LogP contribution >= 0.6 is 0 Å². The van der Waals surface area contributed by atoms with E-state index in [1.165, 1.54) is 12.1 Å². The van der Waals surface area contributed by atoms with E-state index >= 15 is 0 Å². The summed E-state index contributed by atoms with van der Waals surface area (Å²) < 4.78 is 24.0. The zero-order valence-electron chi connectivity index (χ0n) is 14.1. The monoisotopic (exact) mass is 331 g/mol. The fraction of sp³-hybridized carbons (Fsp3) is 0.316. The molecule has 0 radical (unpaired) electrons. The highest BCUT2D eigenvalue weighted by Crippen LogP contribution is 2.24. The van der Waals surface area contributed by atoms with E-state index in [9.17, 15) is 9.18 Å². The molecule has 0 heterocycles. The molecule has 0 aromatic heterocycles. The minimum absolute atomic E-state index is 0.0704. The van der Waals surface area contributed by atoms with E-state index in [-0.39, 0.29) is 24.3 Å². The summed E-state index contributed by atoms with van der Waals surface area (Å²) >= 11 is 0. The molecule has 0 saturated carbocycles. The van der Waals surface area contributed by atoms with Gasteiger partial charge in [-0.3, -0.25) is 4.79 Å². The van der Waals surface area contributed by atoms with E-state index in [0.29, 0.717) is 0 Å². The molecule has 0 bridgehead atoms. The van der Waals surface area contributed by atoms with Gasteiger partial charge in [-0.2, -0.15) is 0 Å². The number of hydrogen-bond acceptors (Lipinski definition) is 3. The first-order valence-corrected chi connectivity index (χ1v) is 7.86. The summed E-state index contributed by atoms with van der Waals surface area (Å²) in [5.41, 5.74) is 2.00. The van der Waals surface area contributed by atoms with Gasteiger partial charge in [0, 0.05) is 0 Å². The zero-order chi connectivity index (χ0) is 17.5. The van der Waals surface area contributed by atoms with Gasteiger partial charge in [0.1, 0.15) is 5.75 Å². The molecule has 128 valence electrons. The Morgan fingerprint density at radius 2 is 1.96 bits per heavy atom. The lowest BCUT2D eigenvalue weighted by Gasteiger charge is -2.19. The number of carbonyl (C=O) groups excluding carboxylic acids is 1. The minimum atomic E-state index is -0.483. The highest BCUT2D eigenvalue weighted by atomic mass is 19.1. The van der Waals surface area contributed by atoms with Crippen LogP contribution in [0.5, 0.6) is 11.5 Å². The van der Waals surface area contributed by atoms with Crippen LogP contribution in [-0.4, -0.2) is 19.6 Å². The standard InChI is InChI=1S/C19H22FNO3/c1-4-16(14-9-10-17(23-3)13(2)11-14)21-19(22)12-24-18-8-6-5-7-15(18)20/h5-11,16H,4,12H2,1-3H3,(H,21,22). The largest absolute Gasteiger partial charge is 0.496 e. The first-order chi connectivity index (χ1) is 11.5. The van der Waals surface area contributed by atoms with Gasteiger partial charge in [-0.25, -0.2) is 4.39 Å². The molecule has 1 atom stereocenters. The summed E-state index contributed by atoms with van der Waals surface area (Å²) in [6, 6.07) is 11.7. The summed E-state index contributed by atoms with van der Waals surface area (Å²) in [4.78, 5) is 12.1. The molecule has 0 aliphatic rings. The quantitative estimate of drug-likeness (QED) is 0.840. The molecule has 1 unspecified atom stereocenters. The Balaban J connectivity index is 1.98. The molecule has 0 aliphatic carbocycles. The van der Waals surface area contributed by atoms with E-state index in [1.54, 1.807) is 19.2 Å². The summed E-state index contributed by atoms with van der Waals surface area (Å²) in [5, 5.41) is 2.91. The van der Waals surface area contributed by atoms with Gasteiger partial charge < -0.3 is 14.8 Å². The molecule has 2 aromatic carbocycles. The lowest BCUT2D eigenvalue weighted by Crippen LogP contribution is -2.32. The second-order valence-electron chi connectivity index (χ2n) is 5.48. The average Bonchev–Trinajstić information content (AvgIpc) is 2.59. The fourth-order valence-electron chi connectivity index (χ4n) is 2.48. The van der Waals surface area contributed by atoms with Gasteiger partial charge in [0.15, 0.2) is 18.2 Å². The fourth-order valence-corrected chi connectivity index (χ4v) is 2.48. The molecule has 0 saturated heterocycles. The average molecular weight is 331 g/mol. The van der Waals surface area contributed by atoms with Gasteiger partial charge in [-0.1, -0.05) is 31.2 Å². The van der Waals surface area contributed by atoms with Crippen molar-refractivity contribution in [3.05, 3.63) is 59.4 Å². The number of rotatable bonds is 7. The Bertz CT molecular complexity index is 703. The molecule has 24 heavy (non-hydrogen) atoms. The van der Waals surface area contributed by atoms with E-state index in [1.807, 2.05) is 32.0 Å². The smallest absolute Gasteiger partial charge is 0.258 e. The Morgan fingerprint density at radius 1 is 1.21 bits per heavy atom. The lowest BCUT2D eigenvalue weighted by atomic mass is 10.0. The Morgan fingerprint density at radius 3 is 2.58 bits per heavy atom. The maximum absolute atomic E-state index is 13.5. The Kier molecular flexibility index (Phi) is 6.18. The predicted octanol–water partition coefficient (Wildman–Crippen LogP) is 3.79. The predicted molar refractivity (Wildman–Crippen MR) is 90.8 cm³/mol. The number of hydrogen-bond donors (Lipinski definition) is 1. The third kappa shape index (κ3) is 4.47. The van der Waals surface area contributed by atoms with E-state index < -0.39 is 5.82 Å². The number of carbonyl (C=O) groups is 1. The molecule has 2 rings (SSSR count). The summed E-state index contributed by atoms with van der Waals surface area (Å²) in [6.45, 7) is 3.72. The number of halogens is 1. The Hall–Kier alpha value is -2.56. The van der Waals surface area contributed by atoms with Gasteiger partial charge in [-0.05, 0) is 42.7 Å². The number of para-hydroxylation sites is 1. The molecule has 1 amide bonds. The van der Waals surface area contributed by atoms with Gasteiger partial charge in [0.05, 0.1) is 13.2 Å². The second kappa shape index (κ2) is 8.34. The molecule has 4 nitrogen and oxygen atoms in total. The van der Waals surface area contributed by atoms with Crippen LogP contribution in [0.2, 0.25) is 0 Å². The van der Waals surface area contributed by atoms with Crippen LogP contribution < -0.4 is 14.8 Å². The summed E-state index contributed by atoms with van der Waals surface area (Å²) in [5.74, 6) is 0.102. The molecule has 0 spiro atoms. The highest BCUT2D eigenvalue weighted by Gasteiger charge is 2.15. The van der Waals surface area contributed by atoms with Gasteiger partial charge in [-0.15, -0.1) is 0 Å². The summed E-state index contributed by atoms with van der Waals surface area (Å²) in [7, 11) is 1.63. The van der Waals surface area contributed by atoms with E-state index in [4.69, 9.17) is 9.47 Å². The van der Waals surface area contributed by atoms with Crippen LogP contribution in [0, 0.1) is 12.7 Å². The van der Waals surface area contributed by atoms with Crippen molar-refractivity contribution in [2.45, 2.75) is 26.3 Å². The van der Waals surface area contributed by atoms with Crippen molar-refractivity contribution >= 4 is 5.91 Å². The molecular formula is C19H22FNO3. The summed E-state index contributed by atoms with van der Waals surface area (Å²) in [6.07, 6.45) is 0.733. The van der Waals surface area contributed by atoms with Gasteiger partial charge in [0.25, 0.3) is 5.91 Å². The maximum atomic E-state index is 13.5. The number of methoxy groups -OCH3 is 1. The Labute approximate surface area is 141 Å². The zero-order valence-corrected chi connectivity index (χ0v) is 14.1. The number of benzene rings is 2. The van der Waals surface area contributed by atoms with Crippen molar-refractivity contribution in [1.29, 1.82) is 0 Å².